The van der Waals surface area contributed by atoms with Crippen molar-refractivity contribution in [3.05, 3.63) is 70.2 Å². The molecule has 0 fully saturated rings. The molecule has 0 N–H and O–H groups in total. The molecule has 1 atom stereocenters. The van der Waals surface area contributed by atoms with Crippen LogP contribution in [-0.2, 0) is 0 Å². The molecule has 0 heterocycles. The molecule has 0 radical (unpaired) electrons. The zero-order chi connectivity index (χ0) is 11.5. The Bertz CT molecular complexity index is 414. The predicted molar refractivity (Wildman–Crippen MR) is 73.4 cm³/mol. The number of hydrogen-bond donors (Lipinski definition) is 0. The standard InChI is InChI=1S/C14H12BrCl/c1-10-2-4-11(5-3-10)14(15)12-6-8-13(16)9-7-12/h2-9,14H,1H3. The van der Waals surface area contributed by atoms with E-state index in [1.165, 1.54) is 16.7 Å². The number of aryl methyl sites for hydroxylation is 1. The van der Waals surface area contributed by atoms with Gasteiger partial charge >= 0.3 is 0 Å². The largest absolute Gasteiger partial charge is 0.0843 e. The number of rotatable bonds is 2. The minimum absolute atomic E-state index is 0.227. The van der Waals surface area contributed by atoms with Gasteiger partial charge < -0.3 is 0 Å². The summed E-state index contributed by atoms with van der Waals surface area (Å²) >= 11 is 9.57. The van der Waals surface area contributed by atoms with E-state index < -0.39 is 0 Å². The van der Waals surface area contributed by atoms with E-state index in [1.807, 2.05) is 24.3 Å². The summed E-state index contributed by atoms with van der Waals surface area (Å²) in [6.45, 7) is 2.09. The molecular weight excluding hydrogens is 284 g/mol. The van der Waals surface area contributed by atoms with Crippen LogP contribution in [0.2, 0.25) is 5.02 Å². The SMILES string of the molecule is Cc1ccc(C(Br)c2ccc(Cl)cc2)cc1. The Hall–Kier alpha value is -0.790. The summed E-state index contributed by atoms with van der Waals surface area (Å²) in [5.41, 5.74) is 3.75. The van der Waals surface area contributed by atoms with E-state index in [2.05, 4.69) is 47.1 Å². The molecule has 0 saturated heterocycles. The first kappa shape index (κ1) is 11.7. The molecule has 0 aliphatic carbocycles. The maximum Gasteiger partial charge on any atom is 0.0644 e. The third-order valence-corrected chi connectivity index (χ3v) is 3.84. The lowest BCUT2D eigenvalue weighted by Gasteiger charge is -2.11. The fourth-order valence-corrected chi connectivity index (χ4v) is 2.30. The van der Waals surface area contributed by atoms with Gasteiger partial charge in [0.25, 0.3) is 0 Å². The lowest BCUT2D eigenvalue weighted by atomic mass is 10.0. The van der Waals surface area contributed by atoms with Gasteiger partial charge in [-0.15, -0.1) is 0 Å². The summed E-state index contributed by atoms with van der Waals surface area (Å²) in [7, 11) is 0. The van der Waals surface area contributed by atoms with Gasteiger partial charge in [0.2, 0.25) is 0 Å². The summed E-state index contributed by atoms with van der Waals surface area (Å²) in [6.07, 6.45) is 0. The van der Waals surface area contributed by atoms with Crippen LogP contribution in [0.3, 0.4) is 0 Å². The summed E-state index contributed by atoms with van der Waals surface area (Å²) in [6, 6.07) is 16.5. The third kappa shape index (κ3) is 2.66. The van der Waals surface area contributed by atoms with Crippen LogP contribution in [0, 0.1) is 6.92 Å². The minimum atomic E-state index is 0.227. The normalized spacial score (nSPS) is 12.4. The summed E-state index contributed by atoms with van der Waals surface area (Å²) < 4.78 is 0. The Morgan fingerprint density at radius 2 is 1.31 bits per heavy atom. The second kappa shape index (κ2) is 5.03. The van der Waals surface area contributed by atoms with Crippen molar-refractivity contribution in [2.24, 2.45) is 0 Å². The van der Waals surface area contributed by atoms with Crippen molar-refractivity contribution in [1.29, 1.82) is 0 Å². The summed E-state index contributed by atoms with van der Waals surface area (Å²) in [5, 5.41) is 0.771. The first-order valence-corrected chi connectivity index (χ1v) is 6.42. The highest BCUT2D eigenvalue weighted by Crippen LogP contribution is 2.31. The van der Waals surface area contributed by atoms with Crippen molar-refractivity contribution < 1.29 is 0 Å². The fraction of sp³-hybridized carbons (Fsp3) is 0.143. The van der Waals surface area contributed by atoms with Gasteiger partial charge in [0.1, 0.15) is 0 Å². The Labute approximate surface area is 109 Å². The average molecular weight is 296 g/mol. The van der Waals surface area contributed by atoms with Crippen molar-refractivity contribution in [3.63, 3.8) is 0 Å². The van der Waals surface area contributed by atoms with Gasteiger partial charge in [-0.2, -0.15) is 0 Å². The highest BCUT2D eigenvalue weighted by atomic mass is 79.9. The van der Waals surface area contributed by atoms with Gasteiger partial charge in [-0.1, -0.05) is 69.5 Å². The average Bonchev–Trinajstić information content (AvgIpc) is 2.30. The lowest BCUT2D eigenvalue weighted by Crippen LogP contribution is -1.92. The Morgan fingerprint density at radius 1 is 0.875 bits per heavy atom. The molecule has 0 saturated carbocycles. The van der Waals surface area contributed by atoms with Crippen LogP contribution in [0.1, 0.15) is 21.5 Å². The Morgan fingerprint density at radius 3 is 1.81 bits per heavy atom. The zero-order valence-corrected chi connectivity index (χ0v) is 11.3. The topological polar surface area (TPSA) is 0 Å². The molecule has 2 heteroatoms. The molecule has 0 bridgehead atoms. The minimum Gasteiger partial charge on any atom is -0.0843 e. The monoisotopic (exact) mass is 294 g/mol. The molecule has 0 nitrogen and oxygen atoms in total. The summed E-state index contributed by atoms with van der Waals surface area (Å²) in [5.74, 6) is 0. The van der Waals surface area contributed by atoms with Crippen LogP contribution in [0.5, 0.6) is 0 Å². The molecule has 82 valence electrons. The first-order valence-electron chi connectivity index (χ1n) is 5.13. The molecule has 0 aliphatic rings. The van der Waals surface area contributed by atoms with Crippen molar-refractivity contribution in [2.75, 3.05) is 0 Å². The smallest absolute Gasteiger partial charge is 0.0644 e. The van der Waals surface area contributed by atoms with Crippen LogP contribution in [0.4, 0.5) is 0 Å². The second-order valence-corrected chi connectivity index (χ2v) is 5.18. The van der Waals surface area contributed by atoms with Crippen LogP contribution in [-0.4, -0.2) is 0 Å². The van der Waals surface area contributed by atoms with Crippen molar-refractivity contribution in [2.45, 2.75) is 11.8 Å². The van der Waals surface area contributed by atoms with Crippen LogP contribution in [0.15, 0.2) is 48.5 Å². The van der Waals surface area contributed by atoms with E-state index in [1.54, 1.807) is 0 Å². The van der Waals surface area contributed by atoms with E-state index in [0.717, 1.165) is 5.02 Å². The maximum absolute atomic E-state index is 5.87. The molecule has 1 unspecified atom stereocenters. The number of hydrogen-bond acceptors (Lipinski definition) is 0. The number of halogens is 2. The Kier molecular flexibility index (Phi) is 3.67. The third-order valence-electron chi connectivity index (χ3n) is 2.53. The van der Waals surface area contributed by atoms with Gasteiger partial charge in [0, 0.05) is 5.02 Å². The van der Waals surface area contributed by atoms with Gasteiger partial charge in [0.15, 0.2) is 0 Å². The highest BCUT2D eigenvalue weighted by Gasteiger charge is 2.09. The van der Waals surface area contributed by atoms with Crippen LogP contribution < -0.4 is 0 Å². The van der Waals surface area contributed by atoms with E-state index >= 15 is 0 Å². The molecule has 16 heavy (non-hydrogen) atoms. The Balaban J connectivity index is 2.28. The lowest BCUT2D eigenvalue weighted by molar-refractivity contribution is 1.17. The van der Waals surface area contributed by atoms with Gasteiger partial charge in [-0.05, 0) is 30.2 Å². The molecule has 2 aromatic rings. The molecule has 2 rings (SSSR count). The highest BCUT2D eigenvalue weighted by molar-refractivity contribution is 9.09. The molecule has 0 aromatic heterocycles. The van der Waals surface area contributed by atoms with Crippen molar-refractivity contribution >= 4 is 27.5 Å². The summed E-state index contributed by atoms with van der Waals surface area (Å²) in [4.78, 5) is 0.227. The number of alkyl halides is 1. The van der Waals surface area contributed by atoms with E-state index in [9.17, 15) is 0 Å². The molecular formula is C14H12BrCl. The van der Waals surface area contributed by atoms with Gasteiger partial charge in [-0.3, -0.25) is 0 Å². The van der Waals surface area contributed by atoms with Crippen LogP contribution >= 0.6 is 27.5 Å². The molecule has 0 spiro atoms. The molecule has 0 amide bonds. The number of benzene rings is 2. The van der Waals surface area contributed by atoms with E-state index in [4.69, 9.17) is 11.6 Å². The van der Waals surface area contributed by atoms with Gasteiger partial charge in [-0.25, -0.2) is 0 Å². The van der Waals surface area contributed by atoms with Gasteiger partial charge in [0.05, 0.1) is 4.83 Å². The quantitative estimate of drug-likeness (QED) is 0.674. The molecule has 0 aliphatic heterocycles. The fourth-order valence-electron chi connectivity index (χ4n) is 1.56. The van der Waals surface area contributed by atoms with E-state index in [0.29, 0.717) is 0 Å². The first-order chi connectivity index (χ1) is 7.66. The van der Waals surface area contributed by atoms with Crippen LogP contribution in [0.25, 0.3) is 0 Å². The second-order valence-electron chi connectivity index (χ2n) is 3.82. The van der Waals surface area contributed by atoms with Crippen molar-refractivity contribution in [3.8, 4) is 0 Å². The predicted octanol–water partition coefficient (Wildman–Crippen LogP) is 5.13. The molecule has 2 aromatic carbocycles. The zero-order valence-electron chi connectivity index (χ0n) is 8.95. The maximum atomic E-state index is 5.87. The van der Waals surface area contributed by atoms with E-state index in [-0.39, 0.29) is 4.83 Å². The van der Waals surface area contributed by atoms with Crippen molar-refractivity contribution in [1.82, 2.24) is 0 Å².